The summed E-state index contributed by atoms with van der Waals surface area (Å²) in [6.45, 7) is 1.98. The molecule has 4 rings (SSSR count). The van der Waals surface area contributed by atoms with Crippen LogP contribution in [0.1, 0.15) is 36.0 Å². The van der Waals surface area contributed by atoms with E-state index in [2.05, 4.69) is 15.4 Å². The normalized spacial score (nSPS) is 21.6. The molecular weight excluding hydrogens is 334 g/mol. The molecule has 0 aromatic carbocycles. The number of likely N-dealkylation sites (tertiary alicyclic amines) is 1. The van der Waals surface area contributed by atoms with Crippen LogP contribution in [0.25, 0.3) is 5.52 Å². The molecule has 2 aromatic rings. The lowest BCUT2D eigenvalue weighted by atomic mass is 9.97. The van der Waals surface area contributed by atoms with Crippen molar-refractivity contribution in [2.24, 2.45) is 5.92 Å². The highest BCUT2D eigenvalue weighted by Crippen LogP contribution is 2.41. The van der Waals surface area contributed by atoms with Gasteiger partial charge in [-0.2, -0.15) is 5.10 Å². The first kappa shape index (κ1) is 17.0. The van der Waals surface area contributed by atoms with Crippen LogP contribution < -0.4 is 5.32 Å². The smallest absolute Gasteiger partial charge is 0.255 e. The van der Waals surface area contributed by atoms with E-state index in [-0.39, 0.29) is 17.7 Å². The van der Waals surface area contributed by atoms with E-state index in [0.717, 1.165) is 32.2 Å². The zero-order chi connectivity index (χ0) is 18.1. The highest BCUT2D eigenvalue weighted by molar-refractivity contribution is 6.00. The monoisotopic (exact) mass is 357 g/mol. The Labute approximate surface area is 151 Å². The fourth-order valence-corrected chi connectivity index (χ4v) is 3.66. The summed E-state index contributed by atoms with van der Waals surface area (Å²) < 4.78 is 7.04. The van der Waals surface area contributed by atoms with Crippen LogP contribution in [0.4, 0.5) is 0 Å². The van der Waals surface area contributed by atoms with Gasteiger partial charge in [0.2, 0.25) is 0 Å². The average molecular weight is 357 g/mol. The van der Waals surface area contributed by atoms with Crippen molar-refractivity contribution < 1.29 is 14.3 Å². The SMILES string of the molecule is COC1(C(=O)N2CCC[C@H](CNC(=O)c3cnn4ccncc34)C2)CC1. The van der Waals surface area contributed by atoms with Crippen LogP contribution in [0.5, 0.6) is 0 Å². The second-order valence-corrected chi connectivity index (χ2v) is 7.13. The molecule has 1 atom stereocenters. The minimum absolute atomic E-state index is 0.102. The maximum Gasteiger partial charge on any atom is 0.255 e. The Balaban J connectivity index is 1.35. The maximum atomic E-state index is 12.6. The summed E-state index contributed by atoms with van der Waals surface area (Å²) >= 11 is 0. The molecule has 138 valence electrons. The van der Waals surface area contributed by atoms with Gasteiger partial charge < -0.3 is 15.0 Å². The lowest BCUT2D eigenvalue weighted by Gasteiger charge is -2.34. The molecule has 0 bridgehead atoms. The lowest BCUT2D eigenvalue weighted by molar-refractivity contribution is -0.146. The minimum atomic E-state index is -0.574. The highest BCUT2D eigenvalue weighted by Gasteiger charge is 2.52. The molecule has 26 heavy (non-hydrogen) atoms. The van der Waals surface area contributed by atoms with Crippen molar-refractivity contribution in [3.05, 3.63) is 30.4 Å². The predicted octanol–water partition coefficient (Wildman–Crippen LogP) is 0.877. The molecule has 2 aliphatic rings. The first-order chi connectivity index (χ1) is 12.6. The lowest BCUT2D eigenvalue weighted by Crippen LogP contribution is -2.48. The van der Waals surface area contributed by atoms with E-state index in [9.17, 15) is 9.59 Å². The number of carbonyl (C=O) groups excluding carboxylic acids is 2. The molecule has 3 heterocycles. The van der Waals surface area contributed by atoms with Gasteiger partial charge >= 0.3 is 0 Å². The summed E-state index contributed by atoms with van der Waals surface area (Å²) in [6.07, 6.45) is 10.1. The van der Waals surface area contributed by atoms with E-state index in [1.54, 1.807) is 36.4 Å². The first-order valence-corrected chi connectivity index (χ1v) is 9.03. The molecule has 0 spiro atoms. The van der Waals surface area contributed by atoms with E-state index in [1.165, 1.54) is 0 Å². The van der Waals surface area contributed by atoms with Crippen LogP contribution in [-0.4, -0.2) is 63.7 Å². The predicted molar refractivity (Wildman–Crippen MR) is 93.6 cm³/mol. The van der Waals surface area contributed by atoms with Crippen molar-refractivity contribution >= 4 is 17.3 Å². The molecule has 0 unspecified atom stereocenters. The summed E-state index contributed by atoms with van der Waals surface area (Å²) in [5.41, 5.74) is 0.620. The third-order valence-electron chi connectivity index (χ3n) is 5.41. The number of rotatable bonds is 5. The van der Waals surface area contributed by atoms with Gasteiger partial charge in [0.05, 0.1) is 23.5 Å². The van der Waals surface area contributed by atoms with Gasteiger partial charge in [-0.3, -0.25) is 14.6 Å². The molecular formula is C18H23N5O3. The topological polar surface area (TPSA) is 88.8 Å². The number of piperidine rings is 1. The van der Waals surface area contributed by atoms with Gasteiger partial charge in [0, 0.05) is 39.1 Å². The van der Waals surface area contributed by atoms with Crippen LogP contribution in [0, 0.1) is 5.92 Å². The van der Waals surface area contributed by atoms with Crippen molar-refractivity contribution in [1.29, 1.82) is 0 Å². The van der Waals surface area contributed by atoms with Gasteiger partial charge in [-0.25, -0.2) is 4.52 Å². The molecule has 0 radical (unpaired) electrons. The third kappa shape index (κ3) is 3.05. The number of nitrogens with one attached hydrogen (secondary N) is 1. The zero-order valence-electron chi connectivity index (χ0n) is 14.9. The zero-order valence-corrected chi connectivity index (χ0v) is 14.9. The molecule has 8 nitrogen and oxygen atoms in total. The summed E-state index contributed by atoms with van der Waals surface area (Å²) in [5, 5.41) is 7.15. The van der Waals surface area contributed by atoms with E-state index < -0.39 is 5.60 Å². The van der Waals surface area contributed by atoms with Crippen LogP contribution in [-0.2, 0) is 9.53 Å². The number of carbonyl (C=O) groups is 2. The Hall–Kier alpha value is -2.48. The molecule has 1 aliphatic heterocycles. The molecule has 1 saturated heterocycles. The van der Waals surface area contributed by atoms with E-state index in [4.69, 9.17) is 4.74 Å². The molecule has 2 fully saturated rings. The Morgan fingerprint density at radius 1 is 1.38 bits per heavy atom. The molecule has 1 saturated carbocycles. The second-order valence-electron chi connectivity index (χ2n) is 7.13. The van der Waals surface area contributed by atoms with Gasteiger partial charge in [-0.05, 0) is 31.6 Å². The van der Waals surface area contributed by atoms with Crippen molar-refractivity contribution in [2.45, 2.75) is 31.3 Å². The molecule has 1 N–H and O–H groups in total. The molecule has 2 aromatic heterocycles. The van der Waals surface area contributed by atoms with E-state index in [1.807, 2.05) is 4.90 Å². The number of ether oxygens (including phenoxy) is 1. The second kappa shape index (κ2) is 6.68. The molecule has 1 aliphatic carbocycles. The van der Waals surface area contributed by atoms with Crippen molar-refractivity contribution in [2.75, 3.05) is 26.7 Å². The number of methoxy groups -OCH3 is 1. The Kier molecular flexibility index (Phi) is 4.36. The van der Waals surface area contributed by atoms with E-state index in [0.29, 0.717) is 24.2 Å². The minimum Gasteiger partial charge on any atom is -0.368 e. The van der Waals surface area contributed by atoms with Crippen molar-refractivity contribution in [3.8, 4) is 0 Å². The number of aromatic nitrogens is 3. The Bertz CT molecular complexity index is 829. The largest absolute Gasteiger partial charge is 0.368 e. The van der Waals surface area contributed by atoms with Gasteiger partial charge in [-0.1, -0.05) is 0 Å². The number of hydrogen-bond acceptors (Lipinski definition) is 5. The van der Waals surface area contributed by atoms with Crippen LogP contribution in [0.2, 0.25) is 0 Å². The quantitative estimate of drug-likeness (QED) is 0.858. The average Bonchev–Trinajstić information content (AvgIpc) is 3.37. The number of fused-ring (bicyclic) bond motifs is 1. The van der Waals surface area contributed by atoms with Gasteiger partial charge in [-0.15, -0.1) is 0 Å². The maximum absolute atomic E-state index is 12.6. The number of amides is 2. The van der Waals surface area contributed by atoms with Crippen LogP contribution >= 0.6 is 0 Å². The number of hydrogen-bond donors (Lipinski definition) is 1. The summed E-state index contributed by atoms with van der Waals surface area (Å²) in [5.74, 6) is 0.195. The Morgan fingerprint density at radius 2 is 2.23 bits per heavy atom. The highest BCUT2D eigenvalue weighted by atomic mass is 16.5. The Morgan fingerprint density at radius 3 is 3.00 bits per heavy atom. The first-order valence-electron chi connectivity index (χ1n) is 9.03. The summed E-state index contributed by atoms with van der Waals surface area (Å²) in [7, 11) is 1.61. The summed E-state index contributed by atoms with van der Waals surface area (Å²) in [4.78, 5) is 31.1. The fourth-order valence-electron chi connectivity index (χ4n) is 3.66. The van der Waals surface area contributed by atoms with Gasteiger partial charge in [0.15, 0.2) is 0 Å². The fraction of sp³-hybridized carbons (Fsp3) is 0.556. The summed E-state index contributed by atoms with van der Waals surface area (Å²) in [6, 6.07) is 0. The van der Waals surface area contributed by atoms with E-state index >= 15 is 0 Å². The third-order valence-corrected chi connectivity index (χ3v) is 5.41. The van der Waals surface area contributed by atoms with Gasteiger partial charge in [0.25, 0.3) is 11.8 Å². The molecule has 2 amide bonds. The standard InChI is InChI=1S/C18H23N5O3/c1-26-18(4-5-18)17(25)22-7-2-3-13(12-22)9-20-16(24)14-10-21-23-8-6-19-11-15(14)23/h6,8,10-11,13H,2-5,7,9,12H2,1H3,(H,20,24)/t13-/m1/s1. The molecule has 8 heteroatoms. The van der Waals surface area contributed by atoms with Crippen molar-refractivity contribution in [3.63, 3.8) is 0 Å². The van der Waals surface area contributed by atoms with Crippen LogP contribution in [0.3, 0.4) is 0 Å². The van der Waals surface area contributed by atoms with Gasteiger partial charge in [0.1, 0.15) is 5.60 Å². The van der Waals surface area contributed by atoms with Crippen molar-refractivity contribution in [1.82, 2.24) is 24.8 Å². The van der Waals surface area contributed by atoms with Crippen LogP contribution in [0.15, 0.2) is 24.8 Å². The number of nitrogens with zero attached hydrogens (tertiary/aromatic N) is 4.